The van der Waals surface area contributed by atoms with Crippen molar-refractivity contribution in [3.05, 3.63) is 47.1 Å². The van der Waals surface area contributed by atoms with Gasteiger partial charge in [0, 0.05) is 6.07 Å². The number of halogens is 3. The van der Waals surface area contributed by atoms with Crippen molar-refractivity contribution < 1.29 is 8.78 Å². The predicted molar refractivity (Wildman–Crippen MR) is 97.6 cm³/mol. The van der Waals surface area contributed by atoms with Crippen molar-refractivity contribution in [3.8, 4) is 22.1 Å². The van der Waals surface area contributed by atoms with Gasteiger partial charge in [0.15, 0.2) is 11.6 Å². The fourth-order valence-corrected chi connectivity index (χ4v) is 3.87. The van der Waals surface area contributed by atoms with Crippen LogP contribution in [0.5, 0.6) is 0 Å². The van der Waals surface area contributed by atoms with Crippen LogP contribution in [0.2, 0.25) is 5.02 Å². The molecule has 0 aliphatic heterocycles. The minimum atomic E-state index is -0.657. The van der Waals surface area contributed by atoms with Crippen molar-refractivity contribution in [1.82, 2.24) is 19.9 Å². The Morgan fingerprint density at radius 2 is 1.73 bits per heavy atom. The minimum absolute atomic E-state index is 0.0129. The highest BCUT2D eigenvalue weighted by molar-refractivity contribution is 7.22. The van der Waals surface area contributed by atoms with E-state index in [1.165, 1.54) is 24.3 Å². The summed E-state index contributed by atoms with van der Waals surface area (Å²) >= 11 is 7.12. The maximum Gasteiger partial charge on any atom is 0.183 e. The zero-order valence-corrected chi connectivity index (χ0v) is 14.4. The van der Waals surface area contributed by atoms with E-state index in [0.29, 0.717) is 4.70 Å². The van der Waals surface area contributed by atoms with Gasteiger partial charge in [-0.15, -0.1) is 11.3 Å². The molecular weight excluding hydrogens is 382 g/mol. The molecule has 6 nitrogen and oxygen atoms in total. The van der Waals surface area contributed by atoms with Gasteiger partial charge in [0.05, 0.1) is 21.5 Å². The van der Waals surface area contributed by atoms with Crippen molar-refractivity contribution in [3.63, 3.8) is 0 Å². The molecule has 3 aromatic heterocycles. The first-order valence-electron chi connectivity index (χ1n) is 7.24. The molecule has 0 aliphatic carbocycles. The molecule has 0 spiro atoms. The van der Waals surface area contributed by atoms with Gasteiger partial charge < -0.3 is 11.5 Å². The Bertz CT molecular complexity index is 1120. The molecule has 1 aromatic carbocycles. The number of aromatic nitrogens is 4. The van der Waals surface area contributed by atoms with E-state index in [2.05, 4.69) is 19.9 Å². The Hall–Kier alpha value is -2.91. The number of thiazole rings is 1. The van der Waals surface area contributed by atoms with Crippen LogP contribution in [-0.4, -0.2) is 19.9 Å². The highest BCUT2D eigenvalue weighted by atomic mass is 35.5. The fraction of sp³-hybridized carbons (Fsp3) is 0. The van der Waals surface area contributed by atoms with E-state index in [4.69, 9.17) is 23.1 Å². The third kappa shape index (κ3) is 2.71. The quantitative estimate of drug-likeness (QED) is 0.537. The molecule has 4 N–H and O–H groups in total. The Morgan fingerprint density at radius 1 is 1.00 bits per heavy atom. The number of rotatable bonds is 2. The largest absolute Gasteiger partial charge is 0.384 e. The first-order chi connectivity index (χ1) is 12.4. The summed E-state index contributed by atoms with van der Waals surface area (Å²) < 4.78 is 28.8. The summed E-state index contributed by atoms with van der Waals surface area (Å²) in [5.41, 5.74) is 11.7. The molecule has 26 heavy (non-hydrogen) atoms. The summed E-state index contributed by atoms with van der Waals surface area (Å²) in [7, 11) is 0. The van der Waals surface area contributed by atoms with Crippen LogP contribution in [0.15, 0.2) is 30.5 Å². The van der Waals surface area contributed by atoms with Crippen LogP contribution in [0.1, 0.15) is 0 Å². The molecule has 0 bridgehead atoms. The zero-order valence-electron chi connectivity index (χ0n) is 12.9. The molecule has 10 heteroatoms. The van der Waals surface area contributed by atoms with Crippen molar-refractivity contribution in [2.45, 2.75) is 0 Å². The van der Waals surface area contributed by atoms with Crippen LogP contribution in [0.3, 0.4) is 0 Å². The molecular formula is C16H9ClF2N6S. The van der Waals surface area contributed by atoms with Gasteiger partial charge >= 0.3 is 0 Å². The van der Waals surface area contributed by atoms with Crippen LogP contribution in [0.25, 0.3) is 32.3 Å². The zero-order chi connectivity index (χ0) is 18.4. The van der Waals surface area contributed by atoms with Crippen LogP contribution < -0.4 is 11.5 Å². The smallest absolute Gasteiger partial charge is 0.183 e. The molecule has 0 saturated heterocycles. The monoisotopic (exact) mass is 390 g/mol. The van der Waals surface area contributed by atoms with Crippen molar-refractivity contribution in [1.29, 1.82) is 0 Å². The standard InChI is InChI=1S/C16H9ClF2N6S/c17-6-2-1-3-7(18)11(6)16-25-12-8(19)5-22-13(14(12)26-16)15-23-9(20)4-10(21)24-15/h1-5H,(H4,20,21,23,24). The molecule has 0 fully saturated rings. The number of fused-ring (bicyclic) bond motifs is 1. The number of hydrogen-bond acceptors (Lipinski definition) is 7. The average Bonchev–Trinajstić information content (AvgIpc) is 2.99. The SMILES string of the molecule is Nc1cc(N)nc(-c2ncc(F)c3nc(-c4c(F)cccc4Cl)sc23)n1. The molecule has 0 amide bonds. The molecule has 0 radical (unpaired) electrons. The van der Waals surface area contributed by atoms with E-state index in [-0.39, 0.29) is 44.3 Å². The highest BCUT2D eigenvalue weighted by Crippen LogP contribution is 2.39. The second kappa shape index (κ2) is 6.11. The normalized spacial score (nSPS) is 11.2. The van der Waals surface area contributed by atoms with Gasteiger partial charge in [0.2, 0.25) is 0 Å². The Labute approximate surface area is 154 Å². The van der Waals surface area contributed by atoms with E-state index in [0.717, 1.165) is 17.5 Å². The van der Waals surface area contributed by atoms with Gasteiger partial charge in [0.1, 0.15) is 33.7 Å². The number of anilines is 2. The lowest BCUT2D eigenvalue weighted by molar-refractivity contribution is 0.629. The summed E-state index contributed by atoms with van der Waals surface area (Å²) in [6, 6.07) is 5.65. The van der Waals surface area contributed by atoms with E-state index < -0.39 is 11.6 Å². The lowest BCUT2D eigenvalue weighted by Gasteiger charge is -2.03. The third-order valence-electron chi connectivity index (χ3n) is 3.53. The minimum Gasteiger partial charge on any atom is -0.384 e. The highest BCUT2D eigenvalue weighted by Gasteiger charge is 2.21. The maximum absolute atomic E-state index is 14.2. The molecule has 4 aromatic rings. The van der Waals surface area contributed by atoms with Gasteiger partial charge in [-0.25, -0.2) is 28.7 Å². The van der Waals surface area contributed by atoms with E-state index in [1.807, 2.05) is 0 Å². The van der Waals surface area contributed by atoms with E-state index >= 15 is 0 Å². The second-order valence-corrected chi connectivity index (χ2v) is 6.70. The summed E-state index contributed by atoms with van der Waals surface area (Å²) in [5, 5.41) is 0.386. The summed E-state index contributed by atoms with van der Waals surface area (Å²) in [6.07, 6.45) is 0.993. The van der Waals surface area contributed by atoms with E-state index in [1.54, 1.807) is 0 Å². The summed E-state index contributed by atoms with van der Waals surface area (Å²) in [5.74, 6) is -0.795. The lowest BCUT2D eigenvalue weighted by Crippen LogP contribution is -2.01. The first-order valence-corrected chi connectivity index (χ1v) is 8.43. The molecule has 0 aliphatic rings. The van der Waals surface area contributed by atoms with E-state index in [9.17, 15) is 8.78 Å². The fourth-order valence-electron chi connectivity index (χ4n) is 2.44. The average molecular weight is 391 g/mol. The number of nitrogens with zero attached hydrogens (tertiary/aromatic N) is 4. The number of pyridine rings is 1. The molecule has 0 saturated carbocycles. The van der Waals surface area contributed by atoms with Crippen LogP contribution in [0.4, 0.5) is 20.4 Å². The summed E-state index contributed by atoms with van der Waals surface area (Å²) in [6.45, 7) is 0. The number of nitrogens with two attached hydrogens (primary N) is 2. The van der Waals surface area contributed by atoms with Crippen molar-refractivity contribution in [2.75, 3.05) is 11.5 Å². The van der Waals surface area contributed by atoms with Crippen LogP contribution in [0, 0.1) is 11.6 Å². The van der Waals surface area contributed by atoms with Gasteiger partial charge in [-0.3, -0.25) is 0 Å². The maximum atomic E-state index is 14.2. The summed E-state index contributed by atoms with van der Waals surface area (Å²) in [4.78, 5) is 16.4. The number of nitrogen functional groups attached to an aromatic ring is 2. The third-order valence-corrected chi connectivity index (χ3v) is 4.92. The Kier molecular flexibility index (Phi) is 3.89. The van der Waals surface area contributed by atoms with Gasteiger partial charge in [-0.2, -0.15) is 0 Å². The van der Waals surface area contributed by atoms with Gasteiger partial charge in [-0.1, -0.05) is 17.7 Å². The van der Waals surface area contributed by atoms with Crippen LogP contribution >= 0.6 is 22.9 Å². The second-order valence-electron chi connectivity index (χ2n) is 5.29. The number of benzene rings is 1. The van der Waals surface area contributed by atoms with Gasteiger partial charge in [-0.05, 0) is 12.1 Å². The number of hydrogen-bond donors (Lipinski definition) is 2. The van der Waals surface area contributed by atoms with Crippen molar-refractivity contribution in [2.24, 2.45) is 0 Å². The molecule has 4 rings (SSSR count). The first kappa shape index (κ1) is 16.6. The van der Waals surface area contributed by atoms with Crippen LogP contribution in [-0.2, 0) is 0 Å². The predicted octanol–water partition coefficient (Wildman–Crippen LogP) is 3.91. The Morgan fingerprint density at radius 3 is 2.42 bits per heavy atom. The molecule has 130 valence electrons. The molecule has 0 unspecified atom stereocenters. The lowest BCUT2D eigenvalue weighted by atomic mass is 10.2. The Balaban J connectivity index is 2.00. The molecule has 0 atom stereocenters. The van der Waals surface area contributed by atoms with Gasteiger partial charge in [0.25, 0.3) is 0 Å². The topological polar surface area (TPSA) is 104 Å². The molecule has 3 heterocycles. The van der Waals surface area contributed by atoms with Crippen molar-refractivity contribution >= 4 is 44.8 Å².